The smallest absolute Gasteiger partial charge is 0.255 e. The van der Waals surface area contributed by atoms with Crippen LogP contribution in [0.5, 0.6) is 0 Å². The molecule has 5 heteroatoms. The predicted molar refractivity (Wildman–Crippen MR) is 115 cm³/mol. The Morgan fingerprint density at radius 1 is 1.00 bits per heavy atom. The van der Waals surface area contributed by atoms with Crippen molar-refractivity contribution in [1.82, 2.24) is 20.0 Å². The van der Waals surface area contributed by atoms with E-state index in [0.717, 1.165) is 37.4 Å². The number of nitrogens with zero attached hydrogens (tertiary/aromatic N) is 3. The summed E-state index contributed by atoms with van der Waals surface area (Å²) < 4.78 is 1.93. The molecular formula is C24H28N4O. The first-order chi connectivity index (χ1) is 14.1. The Kier molecular flexibility index (Phi) is 5.76. The fourth-order valence-electron chi connectivity index (χ4n) is 4.13. The minimum atomic E-state index is -0.00845. The van der Waals surface area contributed by atoms with Crippen molar-refractivity contribution < 1.29 is 4.79 Å². The molecular weight excluding hydrogens is 360 g/mol. The normalized spacial score (nSPS) is 16.8. The highest BCUT2D eigenvalue weighted by atomic mass is 16.1. The fourth-order valence-corrected chi connectivity index (χ4v) is 4.13. The van der Waals surface area contributed by atoms with E-state index in [1.54, 1.807) is 0 Å². The average molecular weight is 389 g/mol. The summed E-state index contributed by atoms with van der Waals surface area (Å²) in [7, 11) is 0. The van der Waals surface area contributed by atoms with Crippen LogP contribution in [-0.2, 0) is 13.1 Å². The van der Waals surface area contributed by atoms with Gasteiger partial charge in [0.2, 0.25) is 0 Å². The van der Waals surface area contributed by atoms with Gasteiger partial charge in [0, 0.05) is 31.4 Å². The minimum absolute atomic E-state index is 0.00845. The molecule has 1 aromatic heterocycles. The Bertz CT molecular complexity index is 965. The summed E-state index contributed by atoms with van der Waals surface area (Å²) >= 11 is 0. The lowest BCUT2D eigenvalue weighted by molar-refractivity contribution is 0.0936. The molecule has 0 unspecified atom stereocenters. The van der Waals surface area contributed by atoms with E-state index in [0.29, 0.717) is 12.1 Å². The van der Waals surface area contributed by atoms with Gasteiger partial charge in [-0.3, -0.25) is 14.4 Å². The summed E-state index contributed by atoms with van der Waals surface area (Å²) in [6.45, 7) is 7.39. The van der Waals surface area contributed by atoms with Crippen LogP contribution in [0.3, 0.4) is 0 Å². The van der Waals surface area contributed by atoms with Gasteiger partial charge >= 0.3 is 0 Å². The van der Waals surface area contributed by atoms with Gasteiger partial charge in [0.05, 0.1) is 17.8 Å². The second-order valence-electron chi connectivity index (χ2n) is 7.87. The SMILES string of the molecule is Cc1nn(Cc2ccccc2)c(C)c1C(=O)N[C@@H]1CCN(Cc2ccccc2)C1. The Balaban J connectivity index is 1.39. The first-order valence-electron chi connectivity index (χ1n) is 10.2. The molecule has 1 saturated heterocycles. The summed E-state index contributed by atoms with van der Waals surface area (Å²) in [5.41, 5.74) is 4.91. The zero-order chi connectivity index (χ0) is 20.2. The van der Waals surface area contributed by atoms with Crippen LogP contribution in [0.1, 0.15) is 39.3 Å². The molecule has 1 N–H and O–H groups in total. The molecule has 4 rings (SSSR count). The van der Waals surface area contributed by atoms with Crippen molar-refractivity contribution in [2.45, 2.75) is 39.4 Å². The molecule has 0 bridgehead atoms. The van der Waals surface area contributed by atoms with Crippen LogP contribution in [0, 0.1) is 13.8 Å². The van der Waals surface area contributed by atoms with Gasteiger partial charge in [-0.05, 0) is 31.4 Å². The van der Waals surface area contributed by atoms with Gasteiger partial charge in [-0.15, -0.1) is 0 Å². The number of benzene rings is 2. The summed E-state index contributed by atoms with van der Waals surface area (Å²) in [5.74, 6) is -0.00845. The number of nitrogens with one attached hydrogen (secondary N) is 1. The number of carbonyl (C=O) groups excluding carboxylic acids is 1. The third-order valence-electron chi connectivity index (χ3n) is 5.64. The Hall–Kier alpha value is -2.92. The maximum absolute atomic E-state index is 13.0. The van der Waals surface area contributed by atoms with E-state index in [1.807, 2.05) is 42.8 Å². The summed E-state index contributed by atoms with van der Waals surface area (Å²) in [4.78, 5) is 15.4. The van der Waals surface area contributed by atoms with Crippen LogP contribution >= 0.6 is 0 Å². The monoisotopic (exact) mass is 388 g/mol. The van der Waals surface area contributed by atoms with E-state index in [1.165, 1.54) is 11.1 Å². The van der Waals surface area contributed by atoms with E-state index in [9.17, 15) is 4.79 Å². The van der Waals surface area contributed by atoms with E-state index >= 15 is 0 Å². The quantitative estimate of drug-likeness (QED) is 0.703. The number of aryl methyl sites for hydroxylation is 1. The molecule has 2 heterocycles. The van der Waals surface area contributed by atoms with Crippen molar-refractivity contribution in [2.75, 3.05) is 13.1 Å². The summed E-state index contributed by atoms with van der Waals surface area (Å²) in [5, 5.41) is 7.85. The molecule has 3 aromatic rings. The number of hydrogen-bond donors (Lipinski definition) is 1. The lowest BCUT2D eigenvalue weighted by Crippen LogP contribution is -2.37. The van der Waals surface area contributed by atoms with Crippen LogP contribution in [-0.4, -0.2) is 39.7 Å². The van der Waals surface area contributed by atoms with Gasteiger partial charge in [-0.1, -0.05) is 60.7 Å². The van der Waals surface area contributed by atoms with Crippen LogP contribution in [0.4, 0.5) is 0 Å². The van der Waals surface area contributed by atoms with Gasteiger partial charge in [-0.25, -0.2) is 0 Å². The lowest BCUT2D eigenvalue weighted by Gasteiger charge is -2.17. The van der Waals surface area contributed by atoms with Crippen molar-refractivity contribution in [2.24, 2.45) is 0 Å². The van der Waals surface area contributed by atoms with Crippen molar-refractivity contribution in [3.8, 4) is 0 Å². The highest BCUT2D eigenvalue weighted by molar-refractivity contribution is 5.96. The Morgan fingerprint density at radius 2 is 1.62 bits per heavy atom. The second kappa shape index (κ2) is 8.62. The third kappa shape index (κ3) is 4.57. The first kappa shape index (κ1) is 19.4. The molecule has 29 heavy (non-hydrogen) atoms. The molecule has 2 aromatic carbocycles. The maximum Gasteiger partial charge on any atom is 0.255 e. The van der Waals surface area contributed by atoms with Gasteiger partial charge in [0.1, 0.15) is 0 Å². The molecule has 1 amide bonds. The highest BCUT2D eigenvalue weighted by Gasteiger charge is 2.26. The predicted octanol–water partition coefficient (Wildman–Crippen LogP) is 3.55. The van der Waals surface area contributed by atoms with Crippen LogP contribution in [0.2, 0.25) is 0 Å². The second-order valence-corrected chi connectivity index (χ2v) is 7.87. The molecule has 0 radical (unpaired) electrons. The topological polar surface area (TPSA) is 50.2 Å². The van der Waals surface area contributed by atoms with Crippen LogP contribution in [0.15, 0.2) is 60.7 Å². The molecule has 1 aliphatic heterocycles. The minimum Gasteiger partial charge on any atom is -0.348 e. The van der Waals surface area contributed by atoms with Crippen molar-refractivity contribution >= 4 is 5.91 Å². The fraction of sp³-hybridized carbons (Fsp3) is 0.333. The third-order valence-corrected chi connectivity index (χ3v) is 5.64. The first-order valence-corrected chi connectivity index (χ1v) is 10.2. The summed E-state index contributed by atoms with van der Waals surface area (Å²) in [6.07, 6.45) is 0.981. The number of carbonyl (C=O) groups is 1. The molecule has 0 aliphatic carbocycles. The lowest BCUT2D eigenvalue weighted by atomic mass is 10.1. The molecule has 0 saturated carbocycles. The van der Waals surface area contributed by atoms with Gasteiger partial charge in [-0.2, -0.15) is 5.10 Å². The van der Waals surface area contributed by atoms with E-state index < -0.39 is 0 Å². The zero-order valence-electron chi connectivity index (χ0n) is 17.1. The maximum atomic E-state index is 13.0. The molecule has 1 atom stereocenters. The Morgan fingerprint density at radius 3 is 2.28 bits per heavy atom. The molecule has 150 valence electrons. The van der Waals surface area contributed by atoms with E-state index in [2.05, 4.69) is 51.7 Å². The number of rotatable bonds is 6. The van der Waals surface area contributed by atoms with Gasteiger partial charge in [0.25, 0.3) is 5.91 Å². The molecule has 0 spiro atoms. The highest BCUT2D eigenvalue weighted by Crippen LogP contribution is 2.18. The number of likely N-dealkylation sites (tertiary alicyclic amines) is 1. The molecule has 1 aliphatic rings. The largest absolute Gasteiger partial charge is 0.348 e. The standard InChI is InChI=1S/C24H28N4O/c1-18-23(19(2)28(26-18)16-21-11-7-4-8-12-21)24(29)25-22-13-14-27(17-22)15-20-9-5-3-6-10-20/h3-12,22H,13-17H2,1-2H3,(H,25,29)/t22-/m1/s1. The van der Waals surface area contributed by atoms with E-state index in [-0.39, 0.29) is 11.9 Å². The zero-order valence-corrected chi connectivity index (χ0v) is 17.1. The van der Waals surface area contributed by atoms with Crippen LogP contribution < -0.4 is 5.32 Å². The van der Waals surface area contributed by atoms with Crippen LogP contribution in [0.25, 0.3) is 0 Å². The van der Waals surface area contributed by atoms with Crippen molar-refractivity contribution in [3.05, 3.63) is 88.7 Å². The van der Waals surface area contributed by atoms with Crippen molar-refractivity contribution in [1.29, 1.82) is 0 Å². The van der Waals surface area contributed by atoms with Gasteiger partial charge < -0.3 is 5.32 Å². The number of hydrogen-bond acceptors (Lipinski definition) is 3. The van der Waals surface area contributed by atoms with Crippen molar-refractivity contribution in [3.63, 3.8) is 0 Å². The Labute approximate surface area is 172 Å². The van der Waals surface area contributed by atoms with E-state index in [4.69, 9.17) is 0 Å². The summed E-state index contributed by atoms with van der Waals surface area (Å²) in [6, 6.07) is 20.9. The average Bonchev–Trinajstić information content (AvgIpc) is 3.27. The number of amides is 1. The van der Waals surface area contributed by atoms with Gasteiger partial charge in [0.15, 0.2) is 0 Å². The number of aromatic nitrogens is 2. The molecule has 5 nitrogen and oxygen atoms in total. The molecule has 1 fully saturated rings.